The van der Waals surface area contributed by atoms with Crippen LogP contribution in [0.1, 0.15) is 22.8 Å². The van der Waals surface area contributed by atoms with Gasteiger partial charge < -0.3 is 14.4 Å². The zero-order chi connectivity index (χ0) is 23.2. The second-order valence-electron chi connectivity index (χ2n) is 7.61. The van der Waals surface area contributed by atoms with Crippen LogP contribution in [0.3, 0.4) is 0 Å². The van der Waals surface area contributed by atoms with Crippen molar-refractivity contribution < 1.29 is 23.0 Å². The zero-order valence-electron chi connectivity index (χ0n) is 18.3. The molecule has 0 atom stereocenters. The van der Waals surface area contributed by atoms with Crippen molar-refractivity contribution in [3.05, 3.63) is 83.6 Å². The molecule has 0 N–H and O–H groups in total. The Bertz CT molecular complexity index is 1110. The van der Waals surface area contributed by atoms with E-state index >= 15 is 0 Å². The zero-order valence-corrected chi connectivity index (χ0v) is 18.3. The predicted octanol–water partition coefficient (Wildman–Crippen LogP) is 4.51. The number of carbonyl (C=O) groups excluding carboxylic acids is 1. The van der Waals surface area contributed by atoms with Crippen molar-refractivity contribution >= 4 is 5.91 Å². The van der Waals surface area contributed by atoms with Gasteiger partial charge in [-0.25, -0.2) is 13.8 Å². The van der Waals surface area contributed by atoms with Gasteiger partial charge in [0.15, 0.2) is 11.5 Å². The van der Waals surface area contributed by atoms with E-state index in [9.17, 15) is 13.6 Å². The van der Waals surface area contributed by atoms with Gasteiger partial charge in [0, 0.05) is 44.5 Å². The fourth-order valence-corrected chi connectivity index (χ4v) is 3.69. The largest absolute Gasteiger partial charge is 0.488 e. The molecular weight excluding hydrogens is 428 g/mol. The summed E-state index contributed by atoms with van der Waals surface area (Å²) in [6.07, 6.45) is 1.56. The number of fused-ring (bicyclic) bond motifs is 2. The van der Waals surface area contributed by atoms with Gasteiger partial charge in [-0.15, -0.1) is 0 Å². The quantitative estimate of drug-likeness (QED) is 0.584. The lowest BCUT2D eigenvalue weighted by Crippen LogP contribution is -2.40. The van der Waals surface area contributed by atoms with Crippen LogP contribution < -0.4 is 9.47 Å². The first-order valence-corrected chi connectivity index (χ1v) is 10.9. The molecule has 1 aliphatic rings. The number of nitrogens with zero attached hydrogens (tertiary/aromatic N) is 3. The van der Waals surface area contributed by atoms with Crippen molar-refractivity contribution in [1.29, 1.82) is 0 Å². The molecule has 0 saturated heterocycles. The fraction of sp³-hybridized carbons (Fsp3) is 0.280. The van der Waals surface area contributed by atoms with Gasteiger partial charge in [0.25, 0.3) is 5.91 Å². The van der Waals surface area contributed by atoms with Crippen LogP contribution in [0, 0.1) is 11.6 Å². The monoisotopic (exact) mass is 453 g/mol. The lowest BCUT2D eigenvalue weighted by molar-refractivity contribution is 0.0735. The minimum Gasteiger partial charge on any atom is -0.488 e. The van der Waals surface area contributed by atoms with Crippen molar-refractivity contribution in [3.8, 4) is 17.4 Å². The predicted molar refractivity (Wildman–Crippen MR) is 119 cm³/mol. The summed E-state index contributed by atoms with van der Waals surface area (Å²) in [4.78, 5) is 21.1. The molecule has 0 saturated carbocycles. The Hall–Kier alpha value is -3.52. The first-order valence-electron chi connectivity index (χ1n) is 10.9. The van der Waals surface area contributed by atoms with Gasteiger partial charge in [-0.2, -0.15) is 0 Å². The van der Waals surface area contributed by atoms with Gasteiger partial charge in [-0.05, 0) is 43.3 Å². The molecule has 2 aromatic carbocycles. The average Bonchev–Trinajstić information content (AvgIpc) is 2.83. The van der Waals surface area contributed by atoms with E-state index in [1.165, 1.54) is 18.2 Å². The number of rotatable bonds is 3. The van der Waals surface area contributed by atoms with E-state index in [0.717, 1.165) is 0 Å². The molecular formula is C25H25F2N3O3. The molecule has 4 rings (SSSR count). The van der Waals surface area contributed by atoms with E-state index in [0.29, 0.717) is 43.2 Å². The van der Waals surface area contributed by atoms with Gasteiger partial charge in [0.05, 0.1) is 0 Å². The highest BCUT2D eigenvalue weighted by Gasteiger charge is 2.23. The van der Waals surface area contributed by atoms with Gasteiger partial charge in [0.1, 0.15) is 23.8 Å². The molecule has 8 heteroatoms. The van der Waals surface area contributed by atoms with Crippen LogP contribution in [-0.2, 0) is 6.54 Å². The van der Waals surface area contributed by atoms with Crippen molar-refractivity contribution in [2.24, 2.45) is 0 Å². The minimum absolute atomic E-state index is 0.00512. The maximum atomic E-state index is 14.3. The lowest BCUT2D eigenvalue weighted by Gasteiger charge is -2.27. The molecule has 0 radical (unpaired) electrons. The van der Waals surface area contributed by atoms with E-state index in [2.05, 4.69) is 4.98 Å². The molecule has 0 unspecified atom stereocenters. The Kier molecular flexibility index (Phi) is 7.14. The number of halogens is 2. The highest BCUT2D eigenvalue weighted by Crippen LogP contribution is 2.32. The number of aromatic nitrogens is 1. The standard InChI is InChI=1S/C25H25F2N3O3/c1-2-30-14-13-29(17-19-20(26)8-5-9-21(19)27)15-16-32-22-10-3-4-11-23(22)33-24-18(25(30)31)7-6-12-28-24/h3-12H,2,13-17H2,1H3. The summed E-state index contributed by atoms with van der Waals surface area (Å²) in [5, 5.41) is 0. The van der Waals surface area contributed by atoms with E-state index in [-0.39, 0.29) is 30.5 Å². The number of likely N-dealkylation sites (N-methyl/N-ethyl adjacent to an activating group) is 1. The van der Waals surface area contributed by atoms with Crippen LogP contribution in [-0.4, -0.2) is 53.5 Å². The second kappa shape index (κ2) is 10.4. The molecule has 1 amide bonds. The number of benzene rings is 2. The average molecular weight is 453 g/mol. The number of para-hydroxylation sites is 2. The molecule has 0 bridgehead atoms. The second-order valence-corrected chi connectivity index (χ2v) is 7.61. The third-order valence-corrected chi connectivity index (χ3v) is 5.52. The third kappa shape index (κ3) is 5.28. The fourth-order valence-electron chi connectivity index (χ4n) is 3.69. The Morgan fingerprint density at radius 3 is 2.45 bits per heavy atom. The Labute approximate surface area is 191 Å². The molecule has 2 heterocycles. The van der Waals surface area contributed by atoms with Crippen LogP contribution in [0.25, 0.3) is 0 Å². The molecule has 1 aromatic heterocycles. The molecule has 33 heavy (non-hydrogen) atoms. The highest BCUT2D eigenvalue weighted by atomic mass is 19.1. The van der Waals surface area contributed by atoms with E-state index in [4.69, 9.17) is 9.47 Å². The van der Waals surface area contributed by atoms with Crippen LogP contribution in [0.5, 0.6) is 17.4 Å². The summed E-state index contributed by atoms with van der Waals surface area (Å²) in [5.74, 6) is -0.303. The van der Waals surface area contributed by atoms with Crippen molar-refractivity contribution in [2.75, 3.05) is 32.8 Å². The summed E-state index contributed by atoms with van der Waals surface area (Å²) < 4.78 is 40.5. The summed E-state index contributed by atoms with van der Waals surface area (Å²) >= 11 is 0. The Morgan fingerprint density at radius 2 is 1.70 bits per heavy atom. The molecule has 0 spiro atoms. The van der Waals surface area contributed by atoms with Crippen molar-refractivity contribution in [2.45, 2.75) is 13.5 Å². The summed E-state index contributed by atoms with van der Waals surface area (Å²) in [6.45, 7) is 3.85. The van der Waals surface area contributed by atoms with Gasteiger partial charge >= 0.3 is 0 Å². The van der Waals surface area contributed by atoms with Gasteiger partial charge in [-0.1, -0.05) is 18.2 Å². The smallest absolute Gasteiger partial charge is 0.259 e. The number of hydrogen-bond donors (Lipinski definition) is 0. The summed E-state index contributed by atoms with van der Waals surface area (Å²) in [7, 11) is 0. The number of amides is 1. The van der Waals surface area contributed by atoms with E-state index in [1.807, 2.05) is 17.9 Å². The van der Waals surface area contributed by atoms with Crippen LogP contribution >= 0.6 is 0 Å². The summed E-state index contributed by atoms with van der Waals surface area (Å²) in [5.41, 5.74) is 0.328. The van der Waals surface area contributed by atoms with Crippen LogP contribution in [0.15, 0.2) is 60.8 Å². The van der Waals surface area contributed by atoms with E-state index < -0.39 is 11.6 Å². The normalized spacial score (nSPS) is 15.2. The molecule has 172 valence electrons. The topological polar surface area (TPSA) is 54.9 Å². The molecule has 1 aliphatic heterocycles. The Morgan fingerprint density at radius 1 is 0.939 bits per heavy atom. The molecule has 0 aliphatic carbocycles. The van der Waals surface area contributed by atoms with Gasteiger partial charge in [0.2, 0.25) is 5.88 Å². The summed E-state index contributed by atoms with van der Waals surface area (Å²) in [6, 6.07) is 14.3. The first kappa shape index (κ1) is 22.7. The van der Waals surface area contributed by atoms with Gasteiger partial charge in [-0.3, -0.25) is 9.69 Å². The first-order chi connectivity index (χ1) is 16.1. The number of hydrogen-bond acceptors (Lipinski definition) is 5. The number of ether oxygens (including phenoxy) is 2. The molecule has 0 fully saturated rings. The molecule has 3 aromatic rings. The minimum atomic E-state index is -0.596. The molecule has 6 nitrogen and oxygen atoms in total. The number of pyridine rings is 1. The highest BCUT2D eigenvalue weighted by molar-refractivity contribution is 5.96. The lowest BCUT2D eigenvalue weighted by atomic mass is 10.2. The van der Waals surface area contributed by atoms with Crippen LogP contribution in [0.4, 0.5) is 8.78 Å². The van der Waals surface area contributed by atoms with Crippen LogP contribution in [0.2, 0.25) is 0 Å². The van der Waals surface area contributed by atoms with E-state index in [1.54, 1.807) is 41.4 Å². The van der Waals surface area contributed by atoms with Crippen molar-refractivity contribution in [1.82, 2.24) is 14.8 Å². The Balaban J connectivity index is 1.67. The third-order valence-electron chi connectivity index (χ3n) is 5.52. The van der Waals surface area contributed by atoms with Crippen molar-refractivity contribution in [3.63, 3.8) is 0 Å². The SMILES string of the molecule is CCN1CCN(Cc2c(F)cccc2F)CCOc2ccccc2Oc2ncccc2C1=O. The maximum absolute atomic E-state index is 14.3. The number of carbonyl (C=O) groups is 1. The maximum Gasteiger partial charge on any atom is 0.259 e.